The molecule has 2 heterocycles. The van der Waals surface area contributed by atoms with E-state index in [2.05, 4.69) is 10.6 Å². The molecule has 1 fully saturated rings. The van der Waals surface area contributed by atoms with Crippen molar-refractivity contribution >= 4 is 40.9 Å². The van der Waals surface area contributed by atoms with Crippen LogP contribution in [0.3, 0.4) is 0 Å². The van der Waals surface area contributed by atoms with Crippen LogP contribution in [0, 0.1) is 0 Å². The van der Waals surface area contributed by atoms with Crippen LogP contribution in [0.4, 0.5) is 5.69 Å². The van der Waals surface area contributed by atoms with E-state index in [0.29, 0.717) is 23.3 Å². The Morgan fingerprint density at radius 1 is 1.16 bits per heavy atom. The Hall–Kier alpha value is -2.87. The highest BCUT2D eigenvalue weighted by Crippen LogP contribution is 2.24. The lowest BCUT2D eigenvalue weighted by atomic mass is 10.1. The molecule has 0 aliphatic carbocycles. The van der Waals surface area contributed by atoms with Gasteiger partial charge < -0.3 is 24.5 Å². The number of ether oxygens (including phenoxy) is 2. The number of hydrogen-bond acceptors (Lipinski definition) is 6. The fraction of sp³-hybridized carbons (Fsp3) is 0.304. The molecule has 1 amide bonds. The van der Waals surface area contributed by atoms with E-state index in [1.807, 2.05) is 30.3 Å². The molecular weight excluding hydrogens is 420 g/mol. The molecule has 3 aromatic rings. The summed E-state index contributed by atoms with van der Waals surface area (Å²) in [5, 5.41) is 6.86. The molecule has 4 rings (SSSR count). The van der Waals surface area contributed by atoms with E-state index in [1.165, 1.54) is 0 Å². The molecule has 2 atom stereocenters. The number of nitrogens with one attached hydrogen (secondary N) is 2. The van der Waals surface area contributed by atoms with Gasteiger partial charge in [0.2, 0.25) is 11.7 Å². The van der Waals surface area contributed by atoms with Crippen molar-refractivity contribution in [2.45, 2.75) is 32.1 Å². The number of benzene rings is 2. The van der Waals surface area contributed by atoms with Crippen molar-refractivity contribution < 1.29 is 23.5 Å². The first kappa shape index (κ1) is 22.8. The molecule has 164 valence electrons. The fourth-order valence-electron chi connectivity index (χ4n) is 3.54. The Kier molecular flexibility index (Phi) is 7.68. The summed E-state index contributed by atoms with van der Waals surface area (Å²) in [5.74, 6) is -0.519. The van der Waals surface area contributed by atoms with Crippen molar-refractivity contribution in [3.63, 3.8) is 0 Å². The molecule has 31 heavy (non-hydrogen) atoms. The van der Waals surface area contributed by atoms with Gasteiger partial charge in [-0.05, 0) is 49.7 Å². The zero-order chi connectivity index (χ0) is 20.9. The summed E-state index contributed by atoms with van der Waals surface area (Å²) >= 11 is 0. The van der Waals surface area contributed by atoms with Crippen molar-refractivity contribution in [2.75, 3.05) is 18.5 Å². The fourth-order valence-corrected chi connectivity index (χ4v) is 3.54. The van der Waals surface area contributed by atoms with E-state index in [1.54, 1.807) is 31.2 Å². The topological polar surface area (TPSA) is 89.8 Å². The molecule has 1 aliphatic heterocycles. The Morgan fingerprint density at radius 2 is 1.97 bits per heavy atom. The smallest absolute Gasteiger partial charge is 0.374 e. The molecule has 1 aromatic heterocycles. The summed E-state index contributed by atoms with van der Waals surface area (Å²) < 4.78 is 16.5. The Bertz CT molecular complexity index is 1040. The van der Waals surface area contributed by atoms with Crippen LogP contribution in [0.2, 0.25) is 0 Å². The second-order valence-electron chi connectivity index (χ2n) is 7.13. The van der Waals surface area contributed by atoms with Crippen LogP contribution in [-0.2, 0) is 20.9 Å². The highest BCUT2D eigenvalue weighted by molar-refractivity contribution is 5.98. The number of rotatable bonds is 7. The lowest BCUT2D eigenvalue weighted by molar-refractivity contribution is -0.121. The third kappa shape index (κ3) is 5.44. The maximum Gasteiger partial charge on any atom is 0.374 e. The van der Waals surface area contributed by atoms with Crippen molar-refractivity contribution in [3.05, 3.63) is 65.9 Å². The molecule has 0 spiro atoms. The minimum Gasteiger partial charge on any atom is -0.460 e. The van der Waals surface area contributed by atoms with Crippen LogP contribution in [0.5, 0.6) is 0 Å². The van der Waals surface area contributed by atoms with Gasteiger partial charge in [0.25, 0.3) is 0 Å². The average molecular weight is 445 g/mol. The number of carbonyl (C=O) groups excluding carboxylic acids is 2. The maximum atomic E-state index is 12.8. The maximum absolute atomic E-state index is 12.8. The quantitative estimate of drug-likeness (QED) is 0.537. The van der Waals surface area contributed by atoms with Crippen LogP contribution in [0.1, 0.15) is 29.5 Å². The molecule has 0 unspecified atom stereocenters. The van der Waals surface area contributed by atoms with Gasteiger partial charge in [0.05, 0.1) is 19.3 Å². The first-order chi connectivity index (χ1) is 14.6. The van der Waals surface area contributed by atoms with Crippen molar-refractivity contribution in [2.24, 2.45) is 0 Å². The second-order valence-corrected chi connectivity index (χ2v) is 7.13. The Morgan fingerprint density at radius 3 is 2.74 bits per heavy atom. The lowest BCUT2D eigenvalue weighted by Gasteiger charge is -2.20. The summed E-state index contributed by atoms with van der Waals surface area (Å²) in [6, 6.07) is 16.3. The van der Waals surface area contributed by atoms with Gasteiger partial charge in [-0.3, -0.25) is 4.79 Å². The van der Waals surface area contributed by atoms with E-state index in [4.69, 9.17) is 13.9 Å². The molecule has 2 aromatic carbocycles. The molecule has 0 radical (unpaired) electrons. The zero-order valence-corrected chi connectivity index (χ0v) is 17.9. The number of hydrogen-bond donors (Lipinski definition) is 2. The lowest BCUT2D eigenvalue weighted by Crippen LogP contribution is -2.43. The molecule has 1 saturated heterocycles. The van der Waals surface area contributed by atoms with Crippen LogP contribution in [-0.4, -0.2) is 37.2 Å². The molecule has 0 saturated carbocycles. The van der Waals surface area contributed by atoms with Crippen molar-refractivity contribution in [1.82, 2.24) is 5.32 Å². The van der Waals surface area contributed by atoms with Gasteiger partial charge in [0.1, 0.15) is 11.6 Å². The third-order valence-corrected chi connectivity index (χ3v) is 5.01. The predicted molar refractivity (Wildman–Crippen MR) is 119 cm³/mol. The highest BCUT2D eigenvalue weighted by Gasteiger charge is 2.33. The molecular formula is C23H25ClN2O5. The van der Waals surface area contributed by atoms with Crippen LogP contribution in [0.25, 0.3) is 11.0 Å². The minimum absolute atomic E-state index is 0. The SMILES string of the molecule is CCOC(=O)c1cc2cc(NC(=O)[C@@H]3NCC[C@@H]3OCc3ccccc3)ccc2o1.Cl. The van der Waals surface area contributed by atoms with Gasteiger partial charge in [0.15, 0.2) is 0 Å². The summed E-state index contributed by atoms with van der Waals surface area (Å²) in [7, 11) is 0. The van der Waals surface area contributed by atoms with Gasteiger partial charge >= 0.3 is 5.97 Å². The average Bonchev–Trinajstić information content (AvgIpc) is 3.40. The Labute approximate surface area is 186 Å². The number of carbonyl (C=O) groups is 2. The number of amides is 1. The molecule has 8 heteroatoms. The number of halogens is 1. The van der Waals surface area contributed by atoms with Crippen molar-refractivity contribution in [3.8, 4) is 0 Å². The number of esters is 1. The number of fused-ring (bicyclic) bond motifs is 1. The normalized spacial score (nSPS) is 17.8. The van der Waals surface area contributed by atoms with Gasteiger partial charge in [-0.2, -0.15) is 0 Å². The monoisotopic (exact) mass is 444 g/mol. The molecule has 0 bridgehead atoms. The summed E-state index contributed by atoms with van der Waals surface area (Å²) in [6.45, 7) is 3.21. The first-order valence-electron chi connectivity index (χ1n) is 10.0. The summed E-state index contributed by atoms with van der Waals surface area (Å²) in [5.41, 5.74) is 2.25. The van der Waals surface area contributed by atoms with Gasteiger partial charge in [-0.25, -0.2) is 4.79 Å². The van der Waals surface area contributed by atoms with Crippen molar-refractivity contribution in [1.29, 1.82) is 0 Å². The van der Waals surface area contributed by atoms with Crippen LogP contribution >= 0.6 is 12.4 Å². The summed E-state index contributed by atoms with van der Waals surface area (Å²) in [6.07, 6.45) is 0.576. The Balaban J connectivity index is 0.00000272. The van der Waals surface area contributed by atoms with Gasteiger partial charge in [0, 0.05) is 11.1 Å². The number of furan rings is 1. The number of anilines is 1. The second kappa shape index (κ2) is 10.4. The standard InChI is InChI=1S/C23H24N2O5.ClH/c1-2-28-23(27)20-13-16-12-17(8-9-18(16)30-20)25-22(26)21-19(10-11-24-21)29-14-15-6-4-3-5-7-15;/h3-9,12-13,19,21,24H,2,10-11,14H2,1H3,(H,25,26);1H/t19-,21+;/m0./s1. The van der Waals surface area contributed by atoms with E-state index in [9.17, 15) is 9.59 Å². The minimum atomic E-state index is -0.507. The predicted octanol–water partition coefficient (Wildman–Crippen LogP) is 3.92. The molecule has 7 nitrogen and oxygen atoms in total. The summed E-state index contributed by atoms with van der Waals surface area (Å²) in [4.78, 5) is 24.7. The molecule has 1 aliphatic rings. The zero-order valence-electron chi connectivity index (χ0n) is 17.1. The van der Waals surface area contributed by atoms with E-state index in [-0.39, 0.29) is 36.8 Å². The van der Waals surface area contributed by atoms with Crippen LogP contribution in [0.15, 0.2) is 59.0 Å². The van der Waals surface area contributed by atoms with Gasteiger partial charge in [-0.1, -0.05) is 30.3 Å². The molecule has 2 N–H and O–H groups in total. The third-order valence-electron chi connectivity index (χ3n) is 5.01. The van der Waals surface area contributed by atoms with Gasteiger partial charge in [-0.15, -0.1) is 12.4 Å². The van der Waals surface area contributed by atoms with E-state index >= 15 is 0 Å². The van der Waals surface area contributed by atoms with E-state index in [0.717, 1.165) is 18.5 Å². The van der Waals surface area contributed by atoms with E-state index < -0.39 is 12.0 Å². The largest absolute Gasteiger partial charge is 0.460 e. The highest BCUT2D eigenvalue weighted by atomic mass is 35.5. The first-order valence-corrected chi connectivity index (χ1v) is 10.0. The van der Waals surface area contributed by atoms with Crippen LogP contribution < -0.4 is 10.6 Å².